The number of carbonyl (C=O) groups is 2. The van der Waals surface area contributed by atoms with Crippen LogP contribution in [0.5, 0.6) is 0 Å². The molecule has 0 aromatic carbocycles. The molecule has 1 aliphatic rings. The van der Waals surface area contributed by atoms with Crippen LogP contribution in [-0.2, 0) is 9.59 Å². The van der Waals surface area contributed by atoms with E-state index in [1.807, 2.05) is 0 Å². The summed E-state index contributed by atoms with van der Waals surface area (Å²) in [5, 5.41) is 11.0. The van der Waals surface area contributed by atoms with E-state index in [0.29, 0.717) is 0 Å². The van der Waals surface area contributed by atoms with Crippen molar-refractivity contribution >= 4 is 11.9 Å². The van der Waals surface area contributed by atoms with Gasteiger partial charge < -0.3 is 10.4 Å². The summed E-state index contributed by atoms with van der Waals surface area (Å²) in [4.78, 5) is 21.1. The van der Waals surface area contributed by atoms with Crippen LogP contribution in [0.2, 0.25) is 0 Å². The lowest BCUT2D eigenvalue weighted by molar-refractivity contribution is -0.143. The van der Waals surface area contributed by atoms with E-state index in [4.69, 9.17) is 5.11 Å². The van der Waals surface area contributed by atoms with Crippen molar-refractivity contribution in [2.24, 2.45) is 11.8 Å². The maximum Gasteiger partial charge on any atom is 0.309 e. The third-order valence-corrected chi connectivity index (χ3v) is 1.83. The lowest BCUT2D eigenvalue weighted by atomic mass is 9.98. The Balaban J connectivity index is 2.66. The quantitative estimate of drug-likeness (QED) is 0.517. The second-order valence-corrected chi connectivity index (χ2v) is 2.48. The Bertz CT molecular complexity index is 178. The van der Waals surface area contributed by atoms with Gasteiger partial charge in [-0.15, -0.1) is 0 Å². The maximum atomic E-state index is 10.7. The topological polar surface area (TPSA) is 66.4 Å². The molecule has 1 aliphatic heterocycles. The first-order valence-corrected chi connectivity index (χ1v) is 3.13. The van der Waals surface area contributed by atoms with Crippen LogP contribution in [0, 0.1) is 11.8 Å². The number of amides is 1. The zero-order chi connectivity index (χ0) is 7.72. The van der Waals surface area contributed by atoms with Crippen LogP contribution in [0.25, 0.3) is 0 Å². The molecule has 0 aromatic heterocycles. The molecule has 4 nitrogen and oxygen atoms in total. The van der Waals surface area contributed by atoms with E-state index in [-0.39, 0.29) is 18.4 Å². The number of carboxylic acids is 1. The molecular weight excluding hydrogens is 134 g/mol. The van der Waals surface area contributed by atoms with Gasteiger partial charge in [0.1, 0.15) is 0 Å². The van der Waals surface area contributed by atoms with Gasteiger partial charge >= 0.3 is 5.97 Å². The minimum atomic E-state index is -0.897. The summed E-state index contributed by atoms with van der Waals surface area (Å²) in [6, 6.07) is 0. The van der Waals surface area contributed by atoms with E-state index in [9.17, 15) is 9.59 Å². The number of carboxylic acid groups (broad SMARTS) is 1. The van der Waals surface area contributed by atoms with E-state index < -0.39 is 11.9 Å². The molecule has 0 bridgehead atoms. The van der Waals surface area contributed by atoms with Crippen molar-refractivity contribution in [1.29, 1.82) is 0 Å². The van der Waals surface area contributed by atoms with Crippen LogP contribution in [0.1, 0.15) is 6.92 Å². The van der Waals surface area contributed by atoms with Crippen molar-refractivity contribution in [3.63, 3.8) is 0 Å². The summed E-state index contributed by atoms with van der Waals surface area (Å²) in [6.07, 6.45) is 0. The van der Waals surface area contributed by atoms with Gasteiger partial charge in [0.05, 0.1) is 11.8 Å². The SMILES string of the molecule is CC1C(=O)NC[C@@H]1C(=O)O. The molecule has 0 aliphatic carbocycles. The van der Waals surface area contributed by atoms with Gasteiger partial charge in [-0.25, -0.2) is 0 Å². The minimum absolute atomic E-state index is 0.160. The van der Waals surface area contributed by atoms with Gasteiger partial charge in [-0.05, 0) is 0 Å². The average molecular weight is 143 g/mol. The van der Waals surface area contributed by atoms with Gasteiger partial charge in [-0.2, -0.15) is 0 Å². The summed E-state index contributed by atoms with van der Waals surface area (Å²) in [5.74, 6) is -1.97. The molecule has 0 aromatic rings. The molecule has 56 valence electrons. The Morgan fingerprint density at radius 2 is 2.40 bits per heavy atom. The van der Waals surface area contributed by atoms with Crippen LogP contribution in [-0.4, -0.2) is 23.5 Å². The number of hydrogen-bond donors (Lipinski definition) is 2. The Hall–Kier alpha value is -1.06. The highest BCUT2D eigenvalue weighted by Crippen LogP contribution is 2.16. The largest absolute Gasteiger partial charge is 0.481 e. The van der Waals surface area contributed by atoms with Crippen LogP contribution < -0.4 is 5.32 Å². The molecular formula is C6H9NO3. The second kappa shape index (κ2) is 2.28. The fraction of sp³-hybridized carbons (Fsp3) is 0.667. The number of rotatable bonds is 1. The van der Waals surface area contributed by atoms with Crippen molar-refractivity contribution in [1.82, 2.24) is 5.32 Å². The fourth-order valence-corrected chi connectivity index (χ4v) is 1.03. The molecule has 0 radical (unpaired) electrons. The van der Waals surface area contributed by atoms with Gasteiger partial charge in [0, 0.05) is 6.54 Å². The zero-order valence-corrected chi connectivity index (χ0v) is 5.63. The highest BCUT2D eigenvalue weighted by atomic mass is 16.4. The molecule has 1 amide bonds. The van der Waals surface area contributed by atoms with Gasteiger partial charge in [-0.1, -0.05) is 6.92 Å². The first-order valence-electron chi connectivity index (χ1n) is 3.13. The minimum Gasteiger partial charge on any atom is -0.481 e. The smallest absolute Gasteiger partial charge is 0.309 e. The summed E-state index contributed by atoms with van der Waals surface area (Å²) >= 11 is 0. The Morgan fingerprint density at radius 3 is 2.60 bits per heavy atom. The van der Waals surface area contributed by atoms with Gasteiger partial charge in [0.2, 0.25) is 5.91 Å². The molecule has 0 saturated carbocycles. The zero-order valence-electron chi connectivity index (χ0n) is 5.63. The van der Waals surface area contributed by atoms with Crippen molar-refractivity contribution in [2.75, 3.05) is 6.54 Å². The monoisotopic (exact) mass is 143 g/mol. The van der Waals surface area contributed by atoms with E-state index in [1.165, 1.54) is 0 Å². The molecule has 10 heavy (non-hydrogen) atoms. The summed E-state index contributed by atoms with van der Waals surface area (Å²) in [6.45, 7) is 1.90. The molecule has 1 heterocycles. The lowest BCUT2D eigenvalue weighted by Gasteiger charge is -2.03. The van der Waals surface area contributed by atoms with Crippen molar-refractivity contribution < 1.29 is 14.7 Å². The summed E-state index contributed by atoms with van der Waals surface area (Å²) < 4.78 is 0. The highest BCUT2D eigenvalue weighted by Gasteiger charge is 2.35. The van der Waals surface area contributed by atoms with Crippen LogP contribution in [0.3, 0.4) is 0 Å². The van der Waals surface area contributed by atoms with Crippen molar-refractivity contribution in [3.05, 3.63) is 0 Å². The third-order valence-electron chi connectivity index (χ3n) is 1.83. The van der Waals surface area contributed by atoms with Crippen molar-refractivity contribution in [2.45, 2.75) is 6.92 Å². The highest BCUT2D eigenvalue weighted by molar-refractivity contribution is 5.87. The summed E-state index contributed by atoms with van der Waals surface area (Å²) in [7, 11) is 0. The van der Waals surface area contributed by atoms with Gasteiger partial charge in [0.15, 0.2) is 0 Å². The molecule has 4 heteroatoms. The fourth-order valence-electron chi connectivity index (χ4n) is 1.03. The molecule has 1 rings (SSSR count). The van der Waals surface area contributed by atoms with E-state index in [1.54, 1.807) is 6.92 Å². The normalized spacial score (nSPS) is 31.9. The average Bonchev–Trinajstić information content (AvgIpc) is 2.14. The van der Waals surface area contributed by atoms with Crippen LogP contribution in [0.15, 0.2) is 0 Å². The Labute approximate surface area is 58.2 Å². The Kier molecular flexibility index (Phi) is 1.61. The predicted octanol–water partition coefficient (Wildman–Crippen LogP) is -0.547. The number of aliphatic carboxylic acids is 1. The number of hydrogen-bond acceptors (Lipinski definition) is 2. The van der Waals surface area contributed by atoms with Crippen LogP contribution >= 0.6 is 0 Å². The second-order valence-electron chi connectivity index (χ2n) is 2.48. The van der Waals surface area contributed by atoms with Crippen LogP contribution in [0.4, 0.5) is 0 Å². The molecule has 1 saturated heterocycles. The lowest BCUT2D eigenvalue weighted by Crippen LogP contribution is -2.20. The van der Waals surface area contributed by atoms with E-state index in [2.05, 4.69) is 5.32 Å². The van der Waals surface area contributed by atoms with Gasteiger partial charge in [0.25, 0.3) is 0 Å². The standard InChI is InChI=1S/C6H9NO3/c1-3-4(6(9)10)2-7-5(3)8/h3-4H,2H2,1H3,(H,7,8)(H,9,10)/t3?,4-/m0/s1. The predicted molar refractivity (Wildman–Crippen MR) is 33.3 cm³/mol. The number of nitrogens with one attached hydrogen (secondary N) is 1. The van der Waals surface area contributed by atoms with Gasteiger partial charge in [-0.3, -0.25) is 9.59 Å². The number of carbonyl (C=O) groups excluding carboxylic acids is 1. The van der Waals surface area contributed by atoms with E-state index >= 15 is 0 Å². The maximum absolute atomic E-state index is 10.7. The van der Waals surface area contributed by atoms with E-state index in [0.717, 1.165) is 0 Å². The third kappa shape index (κ3) is 0.964. The molecule has 1 unspecified atom stereocenters. The molecule has 1 fully saturated rings. The van der Waals surface area contributed by atoms with Crippen molar-refractivity contribution in [3.8, 4) is 0 Å². The molecule has 0 spiro atoms. The molecule has 2 atom stereocenters. The first-order chi connectivity index (χ1) is 4.63. The summed E-state index contributed by atoms with van der Waals surface area (Å²) in [5.41, 5.74) is 0. The first kappa shape index (κ1) is 7.05. The molecule has 2 N–H and O–H groups in total. The Morgan fingerprint density at radius 1 is 1.80 bits per heavy atom.